The zero-order valence-corrected chi connectivity index (χ0v) is 8.16. The summed E-state index contributed by atoms with van der Waals surface area (Å²) in [5.41, 5.74) is 6.87. The van der Waals surface area contributed by atoms with Crippen LogP contribution in [0.25, 0.3) is 5.57 Å². The average Bonchev–Trinajstić information content (AvgIpc) is 2.10. The number of aromatic nitrogens is 2. The lowest BCUT2D eigenvalue weighted by Crippen LogP contribution is -2.29. The molecule has 3 N–H and O–H groups in total. The summed E-state index contributed by atoms with van der Waals surface area (Å²) in [5, 5.41) is 0. The first-order valence-electron chi connectivity index (χ1n) is 4.37. The van der Waals surface area contributed by atoms with Gasteiger partial charge in [0.25, 0.3) is 5.56 Å². The van der Waals surface area contributed by atoms with E-state index in [-0.39, 0.29) is 11.5 Å². The normalized spacial score (nSPS) is 15.0. The highest BCUT2D eigenvalue weighted by atomic mass is 16.1. The molecular formula is C9H12N4O. The fraction of sp³-hybridized carbons (Fsp3) is 0.333. The minimum absolute atomic E-state index is 0.162. The molecule has 0 radical (unpaired) electrons. The summed E-state index contributed by atoms with van der Waals surface area (Å²) in [6, 6.07) is 0. The molecule has 0 aliphatic carbocycles. The number of fused-ring (bicyclic) bond motifs is 1. The van der Waals surface area contributed by atoms with E-state index < -0.39 is 0 Å². The molecule has 0 bridgehead atoms. The van der Waals surface area contributed by atoms with E-state index in [0.29, 0.717) is 11.4 Å². The summed E-state index contributed by atoms with van der Waals surface area (Å²) >= 11 is 0. The molecule has 0 aromatic carbocycles. The summed E-state index contributed by atoms with van der Waals surface area (Å²) in [5.74, 6) is 0.821. The number of aromatic amines is 1. The Kier molecular flexibility index (Phi) is 1.80. The van der Waals surface area contributed by atoms with Gasteiger partial charge in [0, 0.05) is 13.6 Å². The van der Waals surface area contributed by atoms with Crippen molar-refractivity contribution in [3.05, 3.63) is 22.0 Å². The van der Waals surface area contributed by atoms with Crippen LogP contribution in [0.2, 0.25) is 0 Å². The Morgan fingerprint density at radius 3 is 3.07 bits per heavy atom. The molecule has 0 saturated carbocycles. The monoisotopic (exact) mass is 192 g/mol. The van der Waals surface area contributed by atoms with Gasteiger partial charge in [0.15, 0.2) is 0 Å². The van der Waals surface area contributed by atoms with Gasteiger partial charge in [-0.3, -0.25) is 9.78 Å². The zero-order valence-electron chi connectivity index (χ0n) is 8.16. The molecule has 2 rings (SSSR count). The number of anilines is 2. The van der Waals surface area contributed by atoms with Gasteiger partial charge in [-0.2, -0.15) is 4.98 Å². The molecule has 1 aromatic rings. The second kappa shape index (κ2) is 2.87. The van der Waals surface area contributed by atoms with E-state index in [0.717, 1.165) is 12.1 Å². The number of hydrogen-bond donors (Lipinski definition) is 2. The van der Waals surface area contributed by atoms with E-state index >= 15 is 0 Å². The first-order valence-corrected chi connectivity index (χ1v) is 4.37. The summed E-state index contributed by atoms with van der Waals surface area (Å²) in [6.07, 6.45) is 2.00. The maximum atomic E-state index is 11.6. The van der Waals surface area contributed by atoms with Crippen LogP contribution in [0.5, 0.6) is 0 Å². The van der Waals surface area contributed by atoms with Gasteiger partial charge in [0.05, 0.1) is 5.56 Å². The fourth-order valence-electron chi connectivity index (χ4n) is 1.57. The molecule has 0 spiro atoms. The number of rotatable bonds is 0. The molecule has 5 nitrogen and oxygen atoms in total. The molecule has 0 fully saturated rings. The highest BCUT2D eigenvalue weighted by Gasteiger charge is 2.18. The molecule has 14 heavy (non-hydrogen) atoms. The van der Waals surface area contributed by atoms with E-state index in [1.807, 2.05) is 24.9 Å². The highest BCUT2D eigenvalue weighted by Crippen LogP contribution is 2.24. The van der Waals surface area contributed by atoms with Crippen molar-refractivity contribution in [1.29, 1.82) is 0 Å². The maximum Gasteiger partial charge on any atom is 0.261 e. The Bertz CT molecular complexity index is 460. The second-order valence-corrected chi connectivity index (χ2v) is 3.42. The Balaban J connectivity index is 2.76. The number of hydrogen-bond acceptors (Lipinski definition) is 4. The third kappa shape index (κ3) is 1.17. The number of nitrogens with two attached hydrogens (primary N) is 1. The lowest BCUT2D eigenvalue weighted by molar-refractivity contribution is 0.947. The zero-order chi connectivity index (χ0) is 10.3. The van der Waals surface area contributed by atoms with Gasteiger partial charge >= 0.3 is 0 Å². The van der Waals surface area contributed by atoms with Gasteiger partial charge in [-0.15, -0.1) is 0 Å². The van der Waals surface area contributed by atoms with Crippen LogP contribution in [-0.2, 0) is 0 Å². The van der Waals surface area contributed by atoms with E-state index in [4.69, 9.17) is 5.73 Å². The minimum Gasteiger partial charge on any atom is -0.369 e. The smallest absolute Gasteiger partial charge is 0.261 e. The molecule has 5 heteroatoms. The Labute approximate surface area is 81.3 Å². The predicted molar refractivity (Wildman–Crippen MR) is 56.2 cm³/mol. The first-order chi connectivity index (χ1) is 6.59. The van der Waals surface area contributed by atoms with Crippen molar-refractivity contribution in [3.63, 3.8) is 0 Å². The van der Waals surface area contributed by atoms with Crippen molar-refractivity contribution in [2.45, 2.75) is 6.92 Å². The SMILES string of the molecule is CC1=CCN(C)c2nc(N)[nH]c(=O)c21. The van der Waals surface area contributed by atoms with Crippen molar-refractivity contribution in [2.24, 2.45) is 0 Å². The van der Waals surface area contributed by atoms with Gasteiger partial charge in [-0.05, 0) is 12.5 Å². The summed E-state index contributed by atoms with van der Waals surface area (Å²) in [7, 11) is 1.88. The molecule has 0 amide bonds. The van der Waals surface area contributed by atoms with Gasteiger partial charge in [0.2, 0.25) is 5.95 Å². The highest BCUT2D eigenvalue weighted by molar-refractivity contribution is 5.76. The van der Waals surface area contributed by atoms with Crippen molar-refractivity contribution in [1.82, 2.24) is 9.97 Å². The molecular weight excluding hydrogens is 180 g/mol. The lowest BCUT2D eigenvalue weighted by atomic mass is 10.1. The Hall–Kier alpha value is -1.78. The van der Waals surface area contributed by atoms with Crippen LogP contribution >= 0.6 is 0 Å². The van der Waals surface area contributed by atoms with Crippen LogP contribution in [-0.4, -0.2) is 23.6 Å². The number of H-pyrrole nitrogens is 1. The largest absolute Gasteiger partial charge is 0.369 e. The standard InChI is InChI=1S/C9H12N4O/c1-5-3-4-13(2)7-6(5)8(14)12-9(10)11-7/h3H,4H2,1-2H3,(H3,10,11,12,14). The first kappa shape index (κ1) is 8.80. The summed E-state index contributed by atoms with van der Waals surface area (Å²) in [4.78, 5) is 20.1. The molecule has 0 saturated heterocycles. The van der Waals surface area contributed by atoms with Crippen LogP contribution in [0.15, 0.2) is 10.9 Å². The lowest BCUT2D eigenvalue weighted by Gasteiger charge is -2.23. The Morgan fingerprint density at radius 1 is 1.64 bits per heavy atom. The van der Waals surface area contributed by atoms with E-state index in [9.17, 15) is 4.79 Å². The van der Waals surface area contributed by atoms with Gasteiger partial charge in [-0.1, -0.05) is 6.08 Å². The molecule has 1 aliphatic heterocycles. The molecule has 1 aromatic heterocycles. The van der Waals surface area contributed by atoms with E-state index in [1.54, 1.807) is 0 Å². The van der Waals surface area contributed by atoms with E-state index in [1.165, 1.54) is 0 Å². The molecule has 2 heterocycles. The number of nitrogens with one attached hydrogen (secondary N) is 1. The molecule has 0 atom stereocenters. The molecule has 74 valence electrons. The number of nitrogens with zero attached hydrogens (tertiary/aromatic N) is 2. The van der Waals surface area contributed by atoms with Crippen molar-refractivity contribution < 1.29 is 0 Å². The van der Waals surface area contributed by atoms with Crippen molar-refractivity contribution >= 4 is 17.3 Å². The van der Waals surface area contributed by atoms with Crippen LogP contribution in [0.4, 0.5) is 11.8 Å². The fourth-order valence-corrected chi connectivity index (χ4v) is 1.57. The van der Waals surface area contributed by atoms with Crippen LogP contribution in [0.1, 0.15) is 12.5 Å². The minimum atomic E-state index is -0.173. The number of allylic oxidation sites excluding steroid dienone is 1. The summed E-state index contributed by atoms with van der Waals surface area (Å²) < 4.78 is 0. The van der Waals surface area contributed by atoms with Gasteiger partial charge < -0.3 is 10.6 Å². The summed E-state index contributed by atoms with van der Waals surface area (Å²) in [6.45, 7) is 2.66. The van der Waals surface area contributed by atoms with Gasteiger partial charge in [-0.25, -0.2) is 0 Å². The van der Waals surface area contributed by atoms with Crippen LogP contribution in [0, 0.1) is 0 Å². The van der Waals surface area contributed by atoms with Crippen molar-refractivity contribution in [3.8, 4) is 0 Å². The topological polar surface area (TPSA) is 75.0 Å². The third-order valence-electron chi connectivity index (χ3n) is 2.35. The van der Waals surface area contributed by atoms with Crippen LogP contribution in [0.3, 0.4) is 0 Å². The number of nitrogen functional groups attached to an aromatic ring is 1. The second-order valence-electron chi connectivity index (χ2n) is 3.42. The van der Waals surface area contributed by atoms with E-state index in [2.05, 4.69) is 9.97 Å². The quantitative estimate of drug-likeness (QED) is 0.616. The molecule has 0 unspecified atom stereocenters. The molecule has 1 aliphatic rings. The van der Waals surface area contributed by atoms with Gasteiger partial charge in [0.1, 0.15) is 5.82 Å². The van der Waals surface area contributed by atoms with Crippen LogP contribution < -0.4 is 16.2 Å². The number of likely N-dealkylation sites (N-methyl/N-ethyl adjacent to an activating group) is 1. The van der Waals surface area contributed by atoms with Crippen molar-refractivity contribution in [2.75, 3.05) is 24.2 Å². The Morgan fingerprint density at radius 2 is 2.36 bits per heavy atom. The third-order valence-corrected chi connectivity index (χ3v) is 2.35. The maximum absolute atomic E-state index is 11.6. The predicted octanol–water partition coefficient (Wildman–Crippen LogP) is 0.205. The average molecular weight is 192 g/mol.